The van der Waals surface area contributed by atoms with Gasteiger partial charge in [0.15, 0.2) is 0 Å². The third-order valence-electron chi connectivity index (χ3n) is 1.79. The molecule has 0 aliphatic carbocycles. The van der Waals surface area contributed by atoms with E-state index in [4.69, 9.17) is 21.4 Å². The van der Waals surface area contributed by atoms with Gasteiger partial charge in [0.25, 0.3) is 0 Å². The fourth-order valence-electron chi connectivity index (χ4n) is 1.16. The molecule has 1 atom stereocenters. The molecule has 0 bridgehead atoms. The predicted octanol–water partition coefficient (Wildman–Crippen LogP) is 1.25. The molecule has 0 unspecified atom stereocenters. The molecule has 0 aliphatic heterocycles. The molecule has 1 aromatic rings. The minimum absolute atomic E-state index is 0.135. The van der Waals surface area contributed by atoms with E-state index in [0.717, 1.165) is 0 Å². The van der Waals surface area contributed by atoms with Crippen LogP contribution in [0.2, 0.25) is 5.02 Å². The zero-order chi connectivity index (χ0) is 11.4. The number of aliphatic hydroxyl groups is 1. The number of aromatic nitrogens is 1. The summed E-state index contributed by atoms with van der Waals surface area (Å²) >= 11 is 5.81. The van der Waals surface area contributed by atoms with Crippen molar-refractivity contribution in [1.29, 1.82) is 0 Å². The minimum atomic E-state index is -1.22. The summed E-state index contributed by atoms with van der Waals surface area (Å²) in [7, 11) is 1.37. The lowest BCUT2D eigenvalue weighted by molar-refractivity contribution is -0.139. The smallest absolute Gasteiger partial charge is 0.306 e. The highest BCUT2D eigenvalue weighted by atomic mass is 35.5. The third kappa shape index (κ3) is 2.81. The molecule has 1 aromatic heterocycles. The first-order valence-corrected chi connectivity index (χ1v) is 4.52. The first kappa shape index (κ1) is 11.7. The number of nitrogens with zero attached hydrogens (tertiary/aromatic N) is 1. The Hall–Kier alpha value is -1.33. The van der Waals surface area contributed by atoms with Gasteiger partial charge in [-0.1, -0.05) is 11.6 Å². The Labute approximate surface area is 91.3 Å². The monoisotopic (exact) mass is 231 g/mol. The average Bonchev–Trinajstić information content (AvgIpc) is 2.15. The van der Waals surface area contributed by atoms with E-state index < -0.39 is 18.5 Å². The van der Waals surface area contributed by atoms with E-state index in [2.05, 4.69) is 4.98 Å². The van der Waals surface area contributed by atoms with Gasteiger partial charge in [-0.2, -0.15) is 0 Å². The van der Waals surface area contributed by atoms with Crippen molar-refractivity contribution in [2.45, 2.75) is 12.5 Å². The number of carboxylic acids is 1. The van der Waals surface area contributed by atoms with Crippen molar-refractivity contribution in [2.75, 3.05) is 7.11 Å². The lowest BCUT2D eigenvalue weighted by atomic mass is 10.1. The van der Waals surface area contributed by atoms with E-state index in [-0.39, 0.29) is 16.5 Å². The molecule has 0 aliphatic rings. The van der Waals surface area contributed by atoms with E-state index in [1.165, 1.54) is 19.4 Å². The van der Waals surface area contributed by atoms with Crippen LogP contribution in [0.5, 0.6) is 5.88 Å². The van der Waals surface area contributed by atoms with Gasteiger partial charge in [0.05, 0.1) is 30.2 Å². The Morgan fingerprint density at radius 1 is 1.73 bits per heavy atom. The van der Waals surface area contributed by atoms with Crippen molar-refractivity contribution in [3.05, 3.63) is 22.8 Å². The molecular weight excluding hydrogens is 222 g/mol. The maximum absolute atomic E-state index is 10.4. The number of pyridine rings is 1. The highest BCUT2D eigenvalue weighted by Crippen LogP contribution is 2.31. The molecule has 0 aromatic carbocycles. The maximum Gasteiger partial charge on any atom is 0.306 e. The number of methoxy groups -OCH3 is 1. The summed E-state index contributed by atoms with van der Waals surface area (Å²) in [6.07, 6.45) is -0.251. The first-order valence-electron chi connectivity index (χ1n) is 4.14. The Balaban J connectivity index is 3.05. The van der Waals surface area contributed by atoms with Gasteiger partial charge in [0.1, 0.15) is 0 Å². The minimum Gasteiger partial charge on any atom is -0.481 e. The SMILES string of the molecule is COc1nccc(Cl)c1[C@H](O)CC(=O)O. The highest BCUT2D eigenvalue weighted by molar-refractivity contribution is 6.31. The fraction of sp³-hybridized carbons (Fsp3) is 0.333. The third-order valence-corrected chi connectivity index (χ3v) is 2.12. The predicted molar refractivity (Wildman–Crippen MR) is 53.0 cm³/mol. The van der Waals surface area contributed by atoms with Crippen LogP contribution in [0.25, 0.3) is 0 Å². The average molecular weight is 232 g/mol. The second-order valence-electron chi connectivity index (χ2n) is 2.83. The molecule has 2 N–H and O–H groups in total. The molecule has 1 rings (SSSR count). The number of aliphatic carboxylic acids is 1. The van der Waals surface area contributed by atoms with E-state index in [1.807, 2.05) is 0 Å². The number of hydrogen-bond acceptors (Lipinski definition) is 4. The quantitative estimate of drug-likeness (QED) is 0.815. The van der Waals surface area contributed by atoms with E-state index in [0.29, 0.717) is 0 Å². The Bertz CT molecular complexity index is 369. The molecule has 15 heavy (non-hydrogen) atoms. The van der Waals surface area contributed by atoms with Crippen LogP contribution in [0.4, 0.5) is 0 Å². The molecule has 0 saturated heterocycles. The lowest BCUT2D eigenvalue weighted by Crippen LogP contribution is -2.08. The second kappa shape index (κ2) is 4.95. The molecule has 5 nitrogen and oxygen atoms in total. The van der Waals surface area contributed by atoms with Crippen LogP contribution in [0.15, 0.2) is 12.3 Å². The summed E-state index contributed by atoms with van der Waals surface area (Å²) < 4.78 is 4.88. The highest BCUT2D eigenvalue weighted by Gasteiger charge is 2.20. The van der Waals surface area contributed by atoms with Crippen molar-refractivity contribution >= 4 is 17.6 Å². The number of hydrogen-bond donors (Lipinski definition) is 2. The van der Waals surface area contributed by atoms with Gasteiger partial charge in [-0.3, -0.25) is 4.79 Å². The second-order valence-corrected chi connectivity index (χ2v) is 3.24. The Morgan fingerprint density at radius 3 is 2.93 bits per heavy atom. The van der Waals surface area contributed by atoms with Crippen LogP contribution >= 0.6 is 11.6 Å². The van der Waals surface area contributed by atoms with Crippen LogP contribution in [0.3, 0.4) is 0 Å². The molecule has 0 radical (unpaired) electrons. The number of rotatable bonds is 4. The summed E-state index contributed by atoms with van der Waals surface area (Å²) in [6.45, 7) is 0. The van der Waals surface area contributed by atoms with Gasteiger partial charge in [0.2, 0.25) is 5.88 Å². The number of aliphatic hydroxyl groups excluding tert-OH is 1. The number of ether oxygens (including phenoxy) is 1. The van der Waals surface area contributed by atoms with Crippen LogP contribution in [0.1, 0.15) is 18.1 Å². The van der Waals surface area contributed by atoms with Gasteiger partial charge in [-0.15, -0.1) is 0 Å². The first-order chi connectivity index (χ1) is 7.06. The van der Waals surface area contributed by atoms with Crippen molar-refractivity contribution in [3.8, 4) is 5.88 Å². The largest absolute Gasteiger partial charge is 0.481 e. The summed E-state index contributed by atoms with van der Waals surface area (Å²) in [6, 6.07) is 1.46. The normalized spacial score (nSPS) is 12.2. The van der Waals surface area contributed by atoms with Gasteiger partial charge >= 0.3 is 5.97 Å². The molecular formula is C9H10ClNO4. The Morgan fingerprint density at radius 2 is 2.40 bits per heavy atom. The van der Waals surface area contributed by atoms with Crippen molar-refractivity contribution in [3.63, 3.8) is 0 Å². The van der Waals surface area contributed by atoms with Gasteiger partial charge in [-0.25, -0.2) is 4.98 Å². The van der Waals surface area contributed by atoms with E-state index in [1.54, 1.807) is 0 Å². The zero-order valence-electron chi connectivity index (χ0n) is 7.98. The summed E-state index contributed by atoms with van der Waals surface area (Å²) in [5.41, 5.74) is 0.198. The number of halogens is 1. The summed E-state index contributed by atoms with van der Waals surface area (Å²) in [5.74, 6) is -0.985. The van der Waals surface area contributed by atoms with Crippen LogP contribution in [-0.4, -0.2) is 28.3 Å². The van der Waals surface area contributed by atoms with Crippen molar-refractivity contribution in [2.24, 2.45) is 0 Å². The van der Waals surface area contributed by atoms with Gasteiger partial charge in [0, 0.05) is 6.20 Å². The lowest BCUT2D eigenvalue weighted by Gasteiger charge is -2.13. The molecule has 82 valence electrons. The maximum atomic E-state index is 10.4. The molecule has 0 fully saturated rings. The summed E-state index contributed by atoms with van der Waals surface area (Å²) in [4.78, 5) is 14.3. The van der Waals surface area contributed by atoms with Crippen LogP contribution in [0, 0.1) is 0 Å². The van der Waals surface area contributed by atoms with Crippen LogP contribution in [-0.2, 0) is 4.79 Å². The Kier molecular flexibility index (Phi) is 3.88. The number of carbonyl (C=O) groups is 1. The summed E-state index contributed by atoms with van der Waals surface area (Å²) in [5, 5.41) is 18.4. The standard InChI is InChI=1S/C9H10ClNO4/c1-15-9-8(5(10)2-3-11-9)6(12)4-7(13)14/h2-3,6,12H,4H2,1H3,(H,13,14)/t6-/m1/s1. The van der Waals surface area contributed by atoms with Gasteiger partial charge < -0.3 is 14.9 Å². The molecule has 1 heterocycles. The molecule has 6 heteroatoms. The fourth-order valence-corrected chi connectivity index (χ4v) is 1.43. The number of carboxylic acid groups (broad SMARTS) is 1. The van der Waals surface area contributed by atoms with E-state index in [9.17, 15) is 9.90 Å². The van der Waals surface area contributed by atoms with Crippen LogP contribution < -0.4 is 4.74 Å². The molecule has 0 spiro atoms. The zero-order valence-corrected chi connectivity index (χ0v) is 8.73. The van der Waals surface area contributed by atoms with Crippen molar-refractivity contribution < 1.29 is 19.7 Å². The van der Waals surface area contributed by atoms with Gasteiger partial charge in [-0.05, 0) is 6.07 Å². The van der Waals surface area contributed by atoms with E-state index >= 15 is 0 Å². The molecule has 0 saturated carbocycles. The topological polar surface area (TPSA) is 79.7 Å². The molecule has 0 amide bonds. The van der Waals surface area contributed by atoms with Crippen molar-refractivity contribution in [1.82, 2.24) is 4.98 Å².